The summed E-state index contributed by atoms with van der Waals surface area (Å²) in [5.41, 5.74) is -3.50. The highest BCUT2D eigenvalue weighted by atomic mass is 35.5. The van der Waals surface area contributed by atoms with Gasteiger partial charge in [0.1, 0.15) is 17.4 Å². The number of hydrogen-bond donors (Lipinski definition) is 3. The van der Waals surface area contributed by atoms with Gasteiger partial charge in [0.25, 0.3) is 0 Å². The number of carbonyl (C=O) groups is 1. The van der Waals surface area contributed by atoms with Gasteiger partial charge >= 0.3 is 5.97 Å². The van der Waals surface area contributed by atoms with Crippen molar-refractivity contribution < 1.29 is 28.9 Å². The van der Waals surface area contributed by atoms with Crippen molar-refractivity contribution in [2.45, 2.75) is 37.7 Å². The first-order valence-electron chi connectivity index (χ1n) is 7.84. The van der Waals surface area contributed by atoms with Crippen LogP contribution in [0.3, 0.4) is 0 Å². The van der Waals surface area contributed by atoms with Crippen molar-refractivity contribution in [3.63, 3.8) is 0 Å². The van der Waals surface area contributed by atoms with E-state index in [4.69, 9.17) is 11.6 Å². The molecule has 2 aromatic carbocycles. The standard InChI is InChI=1S/C19H19ClF2O4/c1-18(2,13-8-11(21)6-7-16(13)23)10-19(26,17(24)25)9-12-14(20)4-3-5-15(12)22/h3-8,23,26H,9-10H2,1-2H3,(H,24,25). The fourth-order valence-electron chi connectivity index (χ4n) is 3.08. The van der Waals surface area contributed by atoms with Gasteiger partial charge in [-0.05, 0) is 42.2 Å². The number of phenols is 1. The number of phenolic OH excluding ortho intramolecular Hbond substituents is 1. The molecule has 0 saturated heterocycles. The predicted molar refractivity (Wildman–Crippen MR) is 93.4 cm³/mol. The van der Waals surface area contributed by atoms with Gasteiger partial charge in [-0.1, -0.05) is 31.5 Å². The van der Waals surface area contributed by atoms with E-state index in [1.165, 1.54) is 12.1 Å². The van der Waals surface area contributed by atoms with Gasteiger partial charge in [-0.15, -0.1) is 0 Å². The largest absolute Gasteiger partial charge is 0.508 e. The predicted octanol–water partition coefficient (Wildman–Crippen LogP) is 4.05. The maximum Gasteiger partial charge on any atom is 0.336 e. The maximum absolute atomic E-state index is 14.0. The molecule has 3 N–H and O–H groups in total. The number of hydrogen-bond acceptors (Lipinski definition) is 3. The lowest BCUT2D eigenvalue weighted by atomic mass is 9.73. The molecule has 7 heteroatoms. The van der Waals surface area contributed by atoms with Gasteiger partial charge in [-0.25, -0.2) is 13.6 Å². The third-order valence-electron chi connectivity index (χ3n) is 4.35. The Bertz CT molecular complexity index is 818. The van der Waals surface area contributed by atoms with E-state index >= 15 is 0 Å². The molecule has 0 radical (unpaired) electrons. The van der Waals surface area contributed by atoms with Crippen LogP contribution in [-0.4, -0.2) is 26.9 Å². The van der Waals surface area contributed by atoms with Gasteiger partial charge in [-0.3, -0.25) is 0 Å². The molecule has 4 nitrogen and oxygen atoms in total. The van der Waals surface area contributed by atoms with Crippen molar-refractivity contribution in [2.75, 3.05) is 0 Å². The molecule has 2 aromatic rings. The van der Waals surface area contributed by atoms with Crippen molar-refractivity contribution >= 4 is 17.6 Å². The first-order chi connectivity index (χ1) is 12.0. The van der Waals surface area contributed by atoms with Crippen LogP contribution in [0.25, 0.3) is 0 Å². The molecule has 0 heterocycles. The van der Waals surface area contributed by atoms with Crippen LogP contribution in [0.15, 0.2) is 36.4 Å². The van der Waals surface area contributed by atoms with E-state index in [1.807, 2.05) is 0 Å². The lowest BCUT2D eigenvalue weighted by molar-refractivity contribution is -0.160. The van der Waals surface area contributed by atoms with E-state index < -0.39 is 41.5 Å². The van der Waals surface area contributed by atoms with Crippen LogP contribution in [0.2, 0.25) is 5.02 Å². The van der Waals surface area contributed by atoms with E-state index in [2.05, 4.69) is 0 Å². The number of carboxylic acid groups (broad SMARTS) is 1. The Labute approximate surface area is 154 Å². The Morgan fingerprint density at radius 3 is 2.42 bits per heavy atom. The highest BCUT2D eigenvalue weighted by Crippen LogP contribution is 2.39. The van der Waals surface area contributed by atoms with Crippen LogP contribution < -0.4 is 0 Å². The van der Waals surface area contributed by atoms with Crippen molar-refractivity contribution in [3.05, 3.63) is 64.2 Å². The van der Waals surface area contributed by atoms with Crippen LogP contribution in [0, 0.1) is 11.6 Å². The molecule has 26 heavy (non-hydrogen) atoms. The topological polar surface area (TPSA) is 77.8 Å². The number of rotatable bonds is 6. The Morgan fingerprint density at radius 2 is 1.85 bits per heavy atom. The molecule has 0 fully saturated rings. The molecule has 1 unspecified atom stereocenters. The summed E-state index contributed by atoms with van der Waals surface area (Å²) < 4.78 is 27.6. The second-order valence-corrected chi connectivity index (χ2v) is 7.34. The van der Waals surface area contributed by atoms with Gasteiger partial charge in [0.05, 0.1) is 0 Å². The lowest BCUT2D eigenvalue weighted by Crippen LogP contribution is -2.46. The molecule has 0 spiro atoms. The van der Waals surface area contributed by atoms with Gasteiger partial charge in [-0.2, -0.15) is 0 Å². The number of aliphatic hydroxyl groups is 1. The third-order valence-corrected chi connectivity index (χ3v) is 4.71. The van der Waals surface area contributed by atoms with Crippen molar-refractivity contribution in [1.82, 2.24) is 0 Å². The molecule has 0 aromatic heterocycles. The van der Waals surface area contributed by atoms with E-state index in [1.54, 1.807) is 13.8 Å². The Hall–Kier alpha value is -2.18. The number of halogens is 3. The number of carboxylic acids is 1. The Kier molecular flexibility index (Phi) is 5.58. The number of aromatic hydroxyl groups is 1. The zero-order valence-corrected chi connectivity index (χ0v) is 15.0. The van der Waals surface area contributed by atoms with E-state index in [-0.39, 0.29) is 21.9 Å². The van der Waals surface area contributed by atoms with Crippen molar-refractivity contribution in [2.24, 2.45) is 0 Å². The van der Waals surface area contributed by atoms with E-state index in [9.17, 15) is 28.9 Å². The zero-order valence-electron chi connectivity index (χ0n) is 14.3. The summed E-state index contributed by atoms with van der Waals surface area (Å²) in [4.78, 5) is 11.8. The molecule has 0 aliphatic rings. The first-order valence-corrected chi connectivity index (χ1v) is 8.22. The molecule has 0 bridgehead atoms. The van der Waals surface area contributed by atoms with Crippen LogP contribution in [0.4, 0.5) is 8.78 Å². The lowest BCUT2D eigenvalue weighted by Gasteiger charge is -2.34. The van der Waals surface area contributed by atoms with Crippen LogP contribution in [0.5, 0.6) is 5.75 Å². The first kappa shape index (κ1) is 20.1. The smallest absolute Gasteiger partial charge is 0.336 e. The molecule has 0 aliphatic carbocycles. The minimum absolute atomic E-state index is 0.00363. The summed E-state index contributed by atoms with van der Waals surface area (Å²) in [6.45, 7) is 3.11. The number of aliphatic carboxylic acids is 1. The van der Waals surface area contributed by atoms with Crippen LogP contribution >= 0.6 is 11.6 Å². The van der Waals surface area contributed by atoms with Crippen molar-refractivity contribution in [1.29, 1.82) is 0 Å². The highest BCUT2D eigenvalue weighted by molar-refractivity contribution is 6.31. The normalized spacial score (nSPS) is 14.1. The fourth-order valence-corrected chi connectivity index (χ4v) is 3.31. The van der Waals surface area contributed by atoms with Gasteiger partial charge in [0.2, 0.25) is 0 Å². The highest BCUT2D eigenvalue weighted by Gasteiger charge is 2.43. The third kappa shape index (κ3) is 4.14. The fraction of sp³-hybridized carbons (Fsp3) is 0.316. The summed E-state index contributed by atoms with van der Waals surface area (Å²) in [5.74, 6) is -3.14. The molecule has 140 valence electrons. The maximum atomic E-state index is 14.0. The zero-order chi connectivity index (χ0) is 19.7. The molecule has 1 atom stereocenters. The van der Waals surface area contributed by atoms with Crippen molar-refractivity contribution in [3.8, 4) is 5.75 Å². The monoisotopic (exact) mass is 384 g/mol. The molecule has 0 saturated carbocycles. The summed E-state index contributed by atoms with van der Waals surface area (Å²) in [6.07, 6.45) is -0.982. The second-order valence-electron chi connectivity index (χ2n) is 6.94. The second kappa shape index (κ2) is 7.21. The molecule has 0 amide bonds. The molecule has 2 rings (SSSR count). The molecular weight excluding hydrogens is 366 g/mol. The molecule has 0 aliphatic heterocycles. The summed E-state index contributed by atoms with van der Waals surface area (Å²) in [5, 5.41) is 30.3. The van der Waals surface area contributed by atoms with Gasteiger partial charge in [0.15, 0.2) is 5.60 Å². The van der Waals surface area contributed by atoms with E-state index in [0.29, 0.717) is 0 Å². The van der Waals surface area contributed by atoms with Crippen LogP contribution in [-0.2, 0) is 16.6 Å². The SMILES string of the molecule is CC(C)(CC(O)(Cc1c(F)cccc1Cl)C(=O)O)c1cc(F)ccc1O. The minimum Gasteiger partial charge on any atom is -0.508 e. The van der Waals surface area contributed by atoms with E-state index in [0.717, 1.165) is 24.3 Å². The van der Waals surface area contributed by atoms with Crippen LogP contribution in [0.1, 0.15) is 31.4 Å². The minimum atomic E-state index is -2.38. The average Bonchev–Trinajstić information content (AvgIpc) is 2.53. The molecular formula is C19H19ClF2O4. The Morgan fingerprint density at radius 1 is 1.19 bits per heavy atom. The Balaban J connectivity index is 2.43. The summed E-state index contributed by atoms with van der Waals surface area (Å²) in [6, 6.07) is 7.18. The summed E-state index contributed by atoms with van der Waals surface area (Å²) >= 11 is 5.94. The number of benzene rings is 2. The average molecular weight is 385 g/mol. The van der Waals surface area contributed by atoms with Gasteiger partial charge < -0.3 is 15.3 Å². The van der Waals surface area contributed by atoms with Gasteiger partial charge in [0, 0.05) is 22.6 Å². The quantitative estimate of drug-likeness (QED) is 0.702. The summed E-state index contributed by atoms with van der Waals surface area (Å²) in [7, 11) is 0.